The molecular weight excluding hydrogens is 384 g/mol. The van der Waals surface area contributed by atoms with Gasteiger partial charge in [0.15, 0.2) is 0 Å². The zero-order chi connectivity index (χ0) is 23.2. The van der Waals surface area contributed by atoms with Gasteiger partial charge in [-0.1, -0.05) is 99.6 Å². The average molecular weight is 421 g/mol. The van der Waals surface area contributed by atoms with Crippen LogP contribution in [0.25, 0.3) is 0 Å². The van der Waals surface area contributed by atoms with E-state index in [0.717, 1.165) is 6.42 Å². The average Bonchev–Trinajstić information content (AvgIpc) is 3.00. The van der Waals surface area contributed by atoms with Crippen molar-refractivity contribution in [3.05, 3.63) is 127 Å². The Bertz CT molecular complexity index is 1080. The van der Waals surface area contributed by atoms with E-state index in [1.54, 1.807) is 0 Å². The molecule has 0 aliphatic heterocycles. The monoisotopic (exact) mass is 420 g/mol. The van der Waals surface area contributed by atoms with Gasteiger partial charge < -0.3 is 0 Å². The highest BCUT2D eigenvalue weighted by molar-refractivity contribution is 5.65. The molecule has 0 fully saturated rings. The van der Waals surface area contributed by atoms with Crippen molar-refractivity contribution in [2.24, 2.45) is 0 Å². The smallest absolute Gasteiger partial charge is 0.0670 e. The van der Waals surface area contributed by atoms with E-state index in [0.29, 0.717) is 0 Å². The van der Waals surface area contributed by atoms with Crippen LogP contribution in [0.15, 0.2) is 77.4 Å². The van der Waals surface area contributed by atoms with E-state index in [-0.39, 0.29) is 5.41 Å². The minimum atomic E-state index is -0.317. The van der Waals surface area contributed by atoms with E-state index in [4.69, 9.17) is 0 Å². The molecule has 3 aromatic rings. The fourth-order valence-corrected chi connectivity index (χ4v) is 5.83. The zero-order valence-corrected chi connectivity index (χ0v) is 21.0. The maximum absolute atomic E-state index is 2.41. The van der Waals surface area contributed by atoms with Crippen molar-refractivity contribution in [2.45, 2.75) is 67.2 Å². The summed E-state index contributed by atoms with van der Waals surface area (Å²) >= 11 is 0. The van der Waals surface area contributed by atoms with Gasteiger partial charge in [-0.2, -0.15) is 0 Å². The molecule has 0 N–H and O–H groups in total. The minimum Gasteiger partial charge on any atom is -0.0772 e. The molecule has 164 valence electrons. The Morgan fingerprint density at radius 2 is 0.781 bits per heavy atom. The molecule has 1 aliphatic carbocycles. The molecule has 0 radical (unpaired) electrons. The molecule has 4 rings (SSSR count). The van der Waals surface area contributed by atoms with Gasteiger partial charge in [0, 0.05) is 0 Å². The molecule has 0 heteroatoms. The molecule has 0 heterocycles. The summed E-state index contributed by atoms with van der Waals surface area (Å²) in [6.07, 6.45) is 3.40. The van der Waals surface area contributed by atoms with Crippen LogP contribution < -0.4 is 0 Å². The zero-order valence-electron chi connectivity index (χ0n) is 21.0. The van der Waals surface area contributed by atoms with Crippen LogP contribution in [0.2, 0.25) is 0 Å². The third-order valence-corrected chi connectivity index (χ3v) is 7.07. The highest BCUT2D eigenvalue weighted by Crippen LogP contribution is 2.51. The van der Waals surface area contributed by atoms with E-state index < -0.39 is 0 Å². The predicted octanol–water partition coefficient (Wildman–Crippen LogP) is 8.54. The molecule has 0 unspecified atom stereocenters. The van der Waals surface area contributed by atoms with Gasteiger partial charge in [0.25, 0.3) is 0 Å². The Hall–Kier alpha value is -2.86. The lowest BCUT2D eigenvalue weighted by atomic mass is 9.62. The Kier molecular flexibility index (Phi) is 5.76. The van der Waals surface area contributed by atoms with Crippen LogP contribution in [-0.4, -0.2) is 0 Å². The molecule has 0 nitrogen and oxygen atoms in total. The molecule has 0 saturated heterocycles. The summed E-state index contributed by atoms with van der Waals surface area (Å²) in [6, 6.07) is 21.3. The van der Waals surface area contributed by atoms with Crippen molar-refractivity contribution in [3.63, 3.8) is 0 Å². The van der Waals surface area contributed by atoms with Crippen LogP contribution in [0.4, 0.5) is 0 Å². The number of aryl methyl sites for hydroxylation is 6. The van der Waals surface area contributed by atoms with Crippen LogP contribution in [0.3, 0.4) is 0 Å². The van der Waals surface area contributed by atoms with Gasteiger partial charge in [-0.25, -0.2) is 0 Å². The summed E-state index contributed by atoms with van der Waals surface area (Å²) in [4.78, 5) is 0. The summed E-state index contributed by atoms with van der Waals surface area (Å²) in [5.74, 6) is 0. The van der Waals surface area contributed by atoms with Crippen LogP contribution in [0.5, 0.6) is 0 Å². The molecule has 0 aromatic heterocycles. The first kappa shape index (κ1) is 22.3. The van der Waals surface area contributed by atoms with E-state index in [9.17, 15) is 0 Å². The van der Waals surface area contributed by atoms with E-state index in [2.05, 4.69) is 116 Å². The second-order valence-corrected chi connectivity index (χ2v) is 10.1. The lowest BCUT2D eigenvalue weighted by Gasteiger charge is -2.40. The number of hydrogen-bond donors (Lipinski definition) is 0. The topological polar surface area (TPSA) is 0 Å². The van der Waals surface area contributed by atoms with Crippen LogP contribution in [-0.2, 0) is 5.41 Å². The summed E-state index contributed by atoms with van der Waals surface area (Å²) < 4.78 is 0. The lowest BCUT2D eigenvalue weighted by Crippen LogP contribution is -2.33. The fraction of sp³-hybridized carbons (Fsp3) is 0.312. The fourth-order valence-electron chi connectivity index (χ4n) is 5.83. The second-order valence-electron chi connectivity index (χ2n) is 10.1. The molecule has 0 spiro atoms. The summed E-state index contributed by atoms with van der Waals surface area (Å²) in [6.45, 7) is 17.9. The molecular formula is C32H36. The normalized spacial score (nSPS) is 14.2. The first-order valence-corrected chi connectivity index (χ1v) is 11.7. The lowest BCUT2D eigenvalue weighted by molar-refractivity contribution is 0.700. The standard InChI is InChI=1S/C32H36/c1-20-11-21(2)15-28(14-20)32(31-10-9-26(7)27(31)8,29-16-22(3)12-23(4)17-29)30-18-24(5)13-25(6)19-30/h9,11-19H,10H2,1-8H3. The van der Waals surface area contributed by atoms with Crippen molar-refractivity contribution in [1.29, 1.82) is 0 Å². The van der Waals surface area contributed by atoms with Crippen LogP contribution >= 0.6 is 0 Å². The SMILES string of the molecule is CC1=CCC(C(c2cc(C)cc(C)c2)(c2cc(C)cc(C)c2)c2cc(C)cc(C)c2)=C1C. The van der Waals surface area contributed by atoms with Crippen molar-refractivity contribution in [3.8, 4) is 0 Å². The van der Waals surface area contributed by atoms with Crippen molar-refractivity contribution in [2.75, 3.05) is 0 Å². The molecule has 0 amide bonds. The van der Waals surface area contributed by atoms with Crippen LogP contribution in [0.1, 0.15) is 70.3 Å². The van der Waals surface area contributed by atoms with Gasteiger partial charge in [0.2, 0.25) is 0 Å². The minimum absolute atomic E-state index is 0.317. The van der Waals surface area contributed by atoms with E-state index in [1.807, 2.05) is 0 Å². The summed E-state index contributed by atoms with van der Waals surface area (Å²) in [5.41, 5.74) is 16.1. The number of allylic oxidation sites excluding steroid dienone is 4. The second kappa shape index (κ2) is 8.24. The van der Waals surface area contributed by atoms with Crippen LogP contribution in [0, 0.1) is 41.5 Å². The van der Waals surface area contributed by atoms with E-state index in [1.165, 1.54) is 66.8 Å². The Labute approximate surface area is 194 Å². The van der Waals surface area contributed by atoms with Gasteiger partial charge >= 0.3 is 0 Å². The molecule has 0 saturated carbocycles. The van der Waals surface area contributed by atoms with Gasteiger partial charge in [-0.3, -0.25) is 0 Å². The van der Waals surface area contributed by atoms with Gasteiger partial charge in [-0.15, -0.1) is 0 Å². The molecule has 0 atom stereocenters. The number of benzene rings is 3. The van der Waals surface area contributed by atoms with Gasteiger partial charge in [0.1, 0.15) is 0 Å². The van der Waals surface area contributed by atoms with Gasteiger partial charge in [0.05, 0.1) is 5.41 Å². The maximum atomic E-state index is 2.41. The predicted molar refractivity (Wildman–Crippen MR) is 139 cm³/mol. The quantitative estimate of drug-likeness (QED) is 0.371. The highest BCUT2D eigenvalue weighted by Gasteiger charge is 2.42. The third-order valence-electron chi connectivity index (χ3n) is 7.07. The molecule has 0 bridgehead atoms. The van der Waals surface area contributed by atoms with Crippen molar-refractivity contribution in [1.82, 2.24) is 0 Å². The summed E-state index contributed by atoms with van der Waals surface area (Å²) in [5, 5.41) is 0. The highest BCUT2D eigenvalue weighted by atomic mass is 14.4. The maximum Gasteiger partial charge on any atom is 0.0670 e. The molecule has 1 aliphatic rings. The first-order valence-electron chi connectivity index (χ1n) is 11.7. The Morgan fingerprint density at radius 3 is 1.03 bits per heavy atom. The Balaban J connectivity index is 2.24. The van der Waals surface area contributed by atoms with Gasteiger partial charge in [-0.05, 0) is 89.6 Å². The Morgan fingerprint density at radius 1 is 0.469 bits per heavy atom. The van der Waals surface area contributed by atoms with Crippen molar-refractivity contribution < 1.29 is 0 Å². The summed E-state index contributed by atoms with van der Waals surface area (Å²) in [7, 11) is 0. The third kappa shape index (κ3) is 3.77. The van der Waals surface area contributed by atoms with E-state index >= 15 is 0 Å². The number of rotatable bonds is 4. The largest absolute Gasteiger partial charge is 0.0772 e. The molecule has 3 aromatic carbocycles. The number of hydrogen-bond acceptors (Lipinski definition) is 0. The van der Waals surface area contributed by atoms with Crippen molar-refractivity contribution >= 4 is 0 Å². The first-order chi connectivity index (χ1) is 15.1. The molecule has 32 heavy (non-hydrogen) atoms.